The number of ether oxygens (including phenoxy) is 2. The summed E-state index contributed by atoms with van der Waals surface area (Å²) in [4.78, 5) is 68.4. The number of fused-ring (bicyclic) bond motifs is 3. The number of alkyl halides is 2. The number of nitrogens with one attached hydrogen (secondary N) is 2. The van der Waals surface area contributed by atoms with Crippen LogP contribution >= 0.6 is 0 Å². The van der Waals surface area contributed by atoms with E-state index < -0.39 is 90.4 Å². The van der Waals surface area contributed by atoms with Gasteiger partial charge in [-0.05, 0) is 51.2 Å². The molecule has 4 amide bonds. The highest BCUT2D eigenvalue weighted by molar-refractivity contribution is 5.96. The third-order valence-electron chi connectivity index (χ3n) is 8.79. The van der Waals surface area contributed by atoms with Crippen LogP contribution in [-0.4, -0.2) is 86.7 Å². The summed E-state index contributed by atoms with van der Waals surface area (Å²) in [5, 5.41) is 15.0. The number of carboxylic acids is 1. The van der Waals surface area contributed by atoms with Crippen molar-refractivity contribution in [3.63, 3.8) is 0 Å². The molecule has 5 atom stereocenters. The molecule has 14 heteroatoms. The molecule has 1 aliphatic carbocycles. The molecule has 5 rings (SSSR count). The first-order chi connectivity index (χ1) is 21.6. The fraction of sp³-hybridized carbons (Fsp3) is 0.594. The Balaban J connectivity index is 1.40. The highest BCUT2D eigenvalue weighted by Crippen LogP contribution is 2.45. The van der Waals surface area contributed by atoms with Crippen molar-refractivity contribution in [1.82, 2.24) is 20.4 Å². The average Bonchev–Trinajstić information content (AvgIpc) is 3.28. The standard InChI is InChI=1S/C32H40F2N4O8/c1-30(2,3)46-28(43)35-23-11-13-31(33,34)12-7-6-10-21-15-32(21,27(41)42)36-25(39)24-14-22(18-38(24)26(23)40)45-29(44)37-16-19-8-4-5-9-20(19)17-37/h4-6,8-10,21-24H,7,11-18H2,1-3H3,(H,35,43)(H,36,39)(H,41,42)/t21-,22-,23+,24+,32-/m1/s1. The van der Waals surface area contributed by atoms with Gasteiger partial charge in [-0.1, -0.05) is 36.4 Å². The summed E-state index contributed by atoms with van der Waals surface area (Å²) in [5.74, 6) is -6.74. The minimum Gasteiger partial charge on any atom is -0.479 e. The molecule has 250 valence electrons. The van der Waals surface area contributed by atoms with E-state index in [1.54, 1.807) is 20.8 Å². The second-order valence-electron chi connectivity index (χ2n) is 13.5. The van der Waals surface area contributed by atoms with E-state index in [2.05, 4.69) is 10.6 Å². The maximum atomic E-state index is 14.9. The number of carboxylic acid groups (broad SMARTS) is 1. The maximum Gasteiger partial charge on any atom is 0.410 e. The Bertz CT molecular complexity index is 1400. The summed E-state index contributed by atoms with van der Waals surface area (Å²) in [6, 6.07) is 4.73. The maximum absolute atomic E-state index is 14.9. The van der Waals surface area contributed by atoms with E-state index >= 15 is 0 Å². The van der Waals surface area contributed by atoms with Crippen molar-refractivity contribution in [3.8, 4) is 0 Å². The monoisotopic (exact) mass is 646 g/mol. The van der Waals surface area contributed by atoms with Gasteiger partial charge in [-0.15, -0.1) is 0 Å². The van der Waals surface area contributed by atoms with Gasteiger partial charge in [0, 0.05) is 38.3 Å². The molecule has 0 radical (unpaired) electrons. The molecule has 1 saturated carbocycles. The van der Waals surface area contributed by atoms with Gasteiger partial charge in [-0.3, -0.25) is 14.5 Å². The smallest absolute Gasteiger partial charge is 0.410 e. The molecule has 0 unspecified atom stereocenters. The number of halogens is 2. The third-order valence-corrected chi connectivity index (χ3v) is 8.79. The number of benzene rings is 1. The van der Waals surface area contributed by atoms with Crippen LogP contribution in [0.2, 0.25) is 0 Å². The van der Waals surface area contributed by atoms with Crippen LogP contribution in [0.5, 0.6) is 0 Å². The van der Waals surface area contributed by atoms with E-state index in [0.717, 1.165) is 16.0 Å². The van der Waals surface area contributed by atoms with Crippen LogP contribution < -0.4 is 10.6 Å². The summed E-state index contributed by atoms with van der Waals surface area (Å²) in [5.41, 5.74) is -0.671. The van der Waals surface area contributed by atoms with Crippen molar-refractivity contribution in [3.05, 3.63) is 47.5 Å². The van der Waals surface area contributed by atoms with Gasteiger partial charge in [-0.2, -0.15) is 0 Å². The van der Waals surface area contributed by atoms with E-state index in [9.17, 15) is 37.9 Å². The SMILES string of the molecule is CC(C)(C)OC(=O)N[C@H]1CCC(F)(F)CCC=C[C@@H]2C[C@@]2(C(=O)O)NC(=O)[C@@H]2C[C@@H](OC(=O)N3Cc4ccccc4C3)CN2C1=O. The molecule has 2 fully saturated rings. The van der Waals surface area contributed by atoms with E-state index in [1.165, 1.54) is 17.1 Å². The Morgan fingerprint density at radius 1 is 1.09 bits per heavy atom. The van der Waals surface area contributed by atoms with Crippen LogP contribution in [0.25, 0.3) is 0 Å². The number of carbonyl (C=O) groups is 5. The number of aliphatic carboxylic acids is 1. The van der Waals surface area contributed by atoms with E-state index in [4.69, 9.17) is 9.47 Å². The molecule has 3 aliphatic heterocycles. The number of hydrogen-bond donors (Lipinski definition) is 3. The lowest BCUT2D eigenvalue weighted by Gasteiger charge is -2.30. The molecule has 0 aromatic heterocycles. The van der Waals surface area contributed by atoms with Crippen molar-refractivity contribution < 1.29 is 47.3 Å². The van der Waals surface area contributed by atoms with Crippen LogP contribution in [-0.2, 0) is 36.9 Å². The molecular weight excluding hydrogens is 606 g/mol. The fourth-order valence-corrected chi connectivity index (χ4v) is 6.26. The van der Waals surface area contributed by atoms with Crippen LogP contribution in [0.3, 0.4) is 0 Å². The number of rotatable bonds is 3. The van der Waals surface area contributed by atoms with Crippen molar-refractivity contribution in [2.45, 2.75) is 108 Å². The van der Waals surface area contributed by atoms with Gasteiger partial charge in [0.15, 0.2) is 0 Å². The number of alkyl carbamates (subject to hydrolysis) is 1. The first-order valence-electron chi connectivity index (χ1n) is 15.5. The molecular formula is C32H40F2N4O8. The highest BCUT2D eigenvalue weighted by atomic mass is 19.3. The van der Waals surface area contributed by atoms with Gasteiger partial charge in [0.05, 0.1) is 6.54 Å². The number of amides is 4. The second kappa shape index (κ2) is 12.5. The zero-order valence-corrected chi connectivity index (χ0v) is 26.1. The molecule has 1 aromatic carbocycles. The zero-order chi connectivity index (χ0) is 33.4. The highest BCUT2D eigenvalue weighted by Gasteiger charge is 2.61. The fourth-order valence-electron chi connectivity index (χ4n) is 6.26. The minimum absolute atomic E-state index is 0.0465. The lowest BCUT2D eigenvalue weighted by atomic mass is 10.0. The third kappa shape index (κ3) is 7.42. The van der Waals surface area contributed by atoms with Gasteiger partial charge in [-0.25, -0.2) is 23.2 Å². The van der Waals surface area contributed by atoms with Crippen LogP contribution in [0, 0.1) is 5.92 Å². The largest absolute Gasteiger partial charge is 0.479 e. The Kier molecular flexibility index (Phi) is 9.02. The van der Waals surface area contributed by atoms with Gasteiger partial charge in [0.2, 0.25) is 17.7 Å². The molecule has 3 heterocycles. The summed E-state index contributed by atoms with van der Waals surface area (Å²) < 4.78 is 40.9. The first-order valence-corrected chi connectivity index (χ1v) is 15.5. The van der Waals surface area contributed by atoms with Crippen molar-refractivity contribution in [1.29, 1.82) is 0 Å². The Hall–Kier alpha value is -4.23. The molecule has 4 aliphatic rings. The molecule has 0 spiro atoms. The van der Waals surface area contributed by atoms with Gasteiger partial charge in [0.25, 0.3) is 0 Å². The molecule has 12 nitrogen and oxygen atoms in total. The molecule has 1 aromatic rings. The molecule has 1 saturated heterocycles. The van der Waals surface area contributed by atoms with Crippen molar-refractivity contribution in [2.75, 3.05) is 6.54 Å². The van der Waals surface area contributed by atoms with Crippen LogP contribution in [0.15, 0.2) is 36.4 Å². The quantitative estimate of drug-likeness (QED) is 0.420. The molecule has 46 heavy (non-hydrogen) atoms. The summed E-state index contributed by atoms with van der Waals surface area (Å²) in [7, 11) is 0. The normalized spacial score (nSPS) is 29.3. The predicted molar refractivity (Wildman–Crippen MR) is 158 cm³/mol. The van der Waals surface area contributed by atoms with E-state index in [1.807, 2.05) is 24.3 Å². The first kappa shape index (κ1) is 33.1. The summed E-state index contributed by atoms with van der Waals surface area (Å²) >= 11 is 0. The number of nitrogens with zero attached hydrogens (tertiary/aromatic N) is 2. The van der Waals surface area contributed by atoms with Crippen LogP contribution in [0.1, 0.15) is 70.4 Å². The number of allylic oxidation sites excluding steroid dienone is 1. The van der Waals surface area contributed by atoms with Gasteiger partial charge < -0.3 is 30.1 Å². The Labute approximate surface area is 265 Å². The summed E-state index contributed by atoms with van der Waals surface area (Å²) in [6.45, 7) is 5.19. The van der Waals surface area contributed by atoms with E-state index in [0.29, 0.717) is 13.1 Å². The van der Waals surface area contributed by atoms with Crippen molar-refractivity contribution >= 4 is 30.0 Å². The molecule has 0 bridgehead atoms. The van der Waals surface area contributed by atoms with Gasteiger partial charge >= 0.3 is 18.2 Å². The number of hydrogen-bond acceptors (Lipinski definition) is 7. The average molecular weight is 647 g/mol. The Morgan fingerprint density at radius 3 is 2.39 bits per heavy atom. The second-order valence-corrected chi connectivity index (χ2v) is 13.5. The molecule has 3 N–H and O–H groups in total. The lowest BCUT2D eigenvalue weighted by molar-refractivity contribution is -0.145. The van der Waals surface area contributed by atoms with Gasteiger partial charge in [0.1, 0.15) is 29.3 Å². The minimum atomic E-state index is -3.20. The van der Waals surface area contributed by atoms with Crippen LogP contribution in [0.4, 0.5) is 18.4 Å². The topological polar surface area (TPSA) is 155 Å². The lowest BCUT2D eigenvalue weighted by Crippen LogP contribution is -2.56. The Morgan fingerprint density at radius 2 is 1.76 bits per heavy atom. The number of carbonyl (C=O) groups excluding carboxylic acids is 4. The van der Waals surface area contributed by atoms with Crippen molar-refractivity contribution in [2.24, 2.45) is 5.92 Å². The predicted octanol–water partition coefficient (Wildman–Crippen LogP) is 3.73. The zero-order valence-electron chi connectivity index (χ0n) is 26.1. The van der Waals surface area contributed by atoms with E-state index in [-0.39, 0.29) is 25.8 Å². The summed E-state index contributed by atoms with van der Waals surface area (Å²) in [6.07, 6.45) is -1.53.